The summed E-state index contributed by atoms with van der Waals surface area (Å²) in [6.45, 7) is 2.00. The van der Waals surface area contributed by atoms with Crippen molar-refractivity contribution in [2.75, 3.05) is 7.11 Å². The molecule has 128 valence electrons. The van der Waals surface area contributed by atoms with E-state index in [-0.39, 0.29) is 11.7 Å². The number of rotatable bonds is 5. The highest BCUT2D eigenvalue weighted by Gasteiger charge is 2.21. The van der Waals surface area contributed by atoms with Gasteiger partial charge in [0.05, 0.1) is 7.11 Å². The molecule has 1 N–H and O–H groups in total. The second kappa shape index (κ2) is 7.17. The third-order valence-corrected chi connectivity index (χ3v) is 3.79. The van der Waals surface area contributed by atoms with Crippen LogP contribution in [0.15, 0.2) is 53.1 Å². The molecule has 5 nitrogen and oxygen atoms in total. The van der Waals surface area contributed by atoms with Gasteiger partial charge in [-0.2, -0.15) is 0 Å². The van der Waals surface area contributed by atoms with Crippen molar-refractivity contribution >= 4 is 5.91 Å². The maximum atomic E-state index is 13.1. The lowest BCUT2D eigenvalue weighted by atomic mass is 10.1. The number of aryl methyl sites for hydroxylation is 1. The Morgan fingerprint density at radius 1 is 1.24 bits per heavy atom. The van der Waals surface area contributed by atoms with Gasteiger partial charge < -0.3 is 14.6 Å². The summed E-state index contributed by atoms with van der Waals surface area (Å²) in [5.41, 5.74) is 2.25. The van der Waals surface area contributed by atoms with E-state index in [1.165, 1.54) is 12.1 Å². The van der Waals surface area contributed by atoms with Crippen LogP contribution in [0.2, 0.25) is 0 Å². The van der Waals surface area contributed by atoms with Gasteiger partial charge in [0, 0.05) is 12.1 Å². The van der Waals surface area contributed by atoms with E-state index in [0.29, 0.717) is 29.1 Å². The van der Waals surface area contributed by atoms with Crippen molar-refractivity contribution in [1.29, 1.82) is 0 Å². The molecule has 1 aromatic heterocycles. The fourth-order valence-corrected chi connectivity index (χ4v) is 2.50. The minimum absolute atomic E-state index is 0.305. The average Bonchev–Trinajstić information content (AvgIpc) is 3.02. The van der Waals surface area contributed by atoms with E-state index in [1.807, 2.05) is 24.3 Å². The van der Waals surface area contributed by atoms with Crippen molar-refractivity contribution in [2.24, 2.45) is 0 Å². The van der Waals surface area contributed by atoms with E-state index >= 15 is 0 Å². The predicted octanol–water partition coefficient (Wildman–Crippen LogP) is 3.73. The minimum Gasteiger partial charge on any atom is -0.497 e. The molecule has 0 radical (unpaired) electrons. The summed E-state index contributed by atoms with van der Waals surface area (Å²) in [6, 6.07) is 13.2. The van der Waals surface area contributed by atoms with Crippen LogP contribution in [0.4, 0.5) is 4.39 Å². The van der Waals surface area contributed by atoms with Crippen LogP contribution < -0.4 is 10.1 Å². The minimum atomic E-state index is -0.354. The monoisotopic (exact) mass is 340 g/mol. The van der Waals surface area contributed by atoms with Crippen LogP contribution in [0.3, 0.4) is 0 Å². The third-order valence-electron chi connectivity index (χ3n) is 3.79. The number of methoxy groups -OCH3 is 1. The van der Waals surface area contributed by atoms with Crippen LogP contribution >= 0.6 is 0 Å². The van der Waals surface area contributed by atoms with Crippen molar-refractivity contribution < 1.29 is 18.4 Å². The number of carbonyl (C=O) groups excluding carboxylic acids is 1. The quantitative estimate of drug-likeness (QED) is 0.769. The summed E-state index contributed by atoms with van der Waals surface area (Å²) < 4.78 is 23.4. The second-order valence-corrected chi connectivity index (χ2v) is 5.50. The highest BCUT2D eigenvalue weighted by molar-refractivity contribution is 6.00. The molecule has 0 saturated heterocycles. The van der Waals surface area contributed by atoms with E-state index in [4.69, 9.17) is 9.26 Å². The number of ether oxygens (including phenoxy) is 1. The fourth-order valence-electron chi connectivity index (χ4n) is 2.50. The van der Waals surface area contributed by atoms with Gasteiger partial charge in [0.1, 0.15) is 28.6 Å². The number of amides is 1. The Kier molecular flexibility index (Phi) is 4.79. The van der Waals surface area contributed by atoms with Gasteiger partial charge in [-0.05, 0) is 48.9 Å². The van der Waals surface area contributed by atoms with Gasteiger partial charge in [-0.1, -0.05) is 17.3 Å². The van der Waals surface area contributed by atoms with Crippen LogP contribution in [-0.4, -0.2) is 18.2 Å². The molecular formula is C19H17FN2O3. The topological polar surface area (TPSA) is 64.4 Å². The van der Waals surface area contributed by atoms with E-state index in [9.17, 15) is 9.18 Å². The molecule has 1 amide bonds. The van der Waals surface area contributed by atoms with E-state index < -0.39 is 0 Å². The molecular weight excluding hydrogens is 323 g/mol. The zero-order valence-electron chi connectivity index (χ0n) is 13.9. The Morgan fingerprint density at radius 3 is 2.72 bits per heavy atom. The standard InChI is InChI=1S/C19H17FN2O3/c1-12-17(18(22-25-12)14-6-8-15(20)9-7-14)19(23)21-11-13-4-3-5-16(10-13)24-2/h3-10H,11H2,1-2H3,(H,21,23). The summed E-state index contributed by atoms with van der Waals surface area (Å²) in [6.07, 6.45) is 0. The third kappa shape index (κ3) is 3.68. The lowest BCUT2D eigenvalue weighted by Crippen LogP contribution is -2.23. The summed E-state index contributed by atoms with van der Waals surface area (Å²) in [5, 5.41) is 6.79. The number of aromatic nitrogens is 1. The highest BCUT2D eigenvalue weighted by atomic mass is 19.1. The molecule has 0 spiro atoms. The molecule has 0 aliphatic rings. The molecule has 1 heterocycles. The second-order valence-electron chi connectivity index (χ2n) is 5.50. The largest absolute Gasteiger partial charge is 0.497 e. The zero-order chi connectivity index (χ0) is 17.8. The molecule has 0 saturated carbocycles. The molecule has 25 heavy (non-hydrogen) atoms. The average molecular weight is 340 g/mol. The van der Waals surface area contributed by atoms with Gasteiger partial charge in [-0.25, -0.2) is 4.39 Å². The van der Waals surface area contributed by atoms with E-state index in [0.717, 1.165) is 11.3 Å². The molecule has 0 unspecified atom stereocenters. The maximum absolute atomic E-state index is 13.1. The summed E-state index contributed by atoms with van der Waals surface area (Å²) >= 11 is 0. The number of nitrogens with one attached hydrogen (secondary N) is 1. The Hall–Kier alpha value is -3.15. The molecule has 0 aliphatic heterocycles. The van der Waals surface area contributed by atoms with E-state index in [1.54, 1.807) is 26.2 Å². The Balaban J connectivity index is 1.80. The number of hydrogen-bond donors (Lipinski definition) is 1. The van der Waals surface area contributed by atoms with Crippen LogP contribution in [0.25, 0.3) is 11.3 Å². The molecule has 0 bridgehead atoms. The van der Waals surface area contributed by atoms with Crippen LogP contribution in [0, 0.1) is 12.7 Å². The van der Waals surface area contributed by atoms with Gasteiger partial charge in [0.15, 0.2) is 0 Å². The number of halogens is 1. The van der Waals surface area contributed by atoms with Gasteiger partial charge in [-0.15, -0.1) is 0 Å². The van der Waals surface area contributed by atoms with Crippen molar-refractivity contribution in [3.05, 3.63) is 71.2 Å². The lowest BCUT2D eigenvalue weighted by Gasteiger charge is -2.07. The Bertz CT molecular complexity index is 888. The van der Waals surface area contributed by atoms with Crippen LogP contribution in [0.5, 0.6) is 5.75 Å². The van der Waals surface area contributed by atoms with Gasteiger partial charge in [0.25, 0.3) is 5.91 Å². The predicted molar refractivity (Wildman–Crippen MR) is 90.8 cm³/mol. The van der Waals surface area contributed by atoms with Gasteiger partial charge in [-0.3, -0.25) is 4.79 Å². The molecule has 0 atom stereocenters. The number of benzene rings is 2. The molecule has 3 aromatic rings. The Labute approximate surface area is 144 Å². The van der Waals surface area contributed by atoms with Crippen LogP contribution in [-0.2, 0) is 6.54 Å². The zero-order valence-corrected chi connectivity index (χ0v) is 13.9. The smallest absolute Gasteiger partial charge is 0.257 e. The van der Waals surface area contributed by atoms with Crippen LogP contribution in [0.1, 0.15) is 21.7 Å². The first-order chi connectivity index (χ1) is 12.1. The summed E-state index contributed by atoms with van der Waals surface area (Å²) in [7, 11) is 1.59. The number of hydrogen-bond acceptors (Lipinski definition) is 4. The molecule has 2 aromatic carbocycles. The molecule has 3 rings (SSSR count). The van der Waals surface area contributed by atoms with Crippen molar-refractivity contribution in [2.45, 2.75) is 13.5 Å². The number of carbonyl (C=O) groups is 1. The lowest BCUT2D eigenvalue weighted by molar-refractivity contribution is 0.0950. The van der Waals surface area contributed by atoms with Gasteiger partial charge >= 0.3 is 0 Å². The molecule has 0 aliphatic carbocycles. The highest BCUT2D eigenvalue weighted by Crippen LogP contribution is 2.25. The number of nitrogens with zero attached hydrogens (tertiary/aromatic N) is 1. The molecule has 0 fully saturated rings. The summed E-state index contributed by atoms with van der Waals surface area (Å²) in [4.78, 5) is 12.6. The normalized spacial score (nSPS) is 10.5. The van der Waals surface area contributed by atoms with Crippen molar-refractivity contribution in [3.63, 3.8) is 0 Å². The molecule has 6 heteroatoms. The maximum Gasteiger partial charge on any atom is 0.257 e. The van der Waals surface area contributed by atoms with Crippen molar-refractivity contribution in [1.82, 2.24) is 10.5 Å². The first-order valence-corrected chi connectivity index (χ1v) is 7.72. The SMILES string of the molecule is COc1cccc(CNC(=O)c2c(-c3ccc(F)cc3)noc2C)c1. The van der Waals surface area contributed by atoms with E-state index in [2.05, 4.69) is 10.5 Å². The Morgan fingerprint density at radius 2 is 2.00 bits per heavy atom. The first kappa shape index (κ1) is 16.7. The first-order valence-electron chi connectivity index (χ1n) is 7.72. The van der Waals surface area contributed by atoms with Gasteiger partial charge in [0.2, 0.25) is 0 Å². The van der Waals surface area contributed by atoms with Crippen molar-refractivity contribution in [3.8, 4) is 17.0 Å². The fraction of sp³-hybridized carbons (Fsp3) is 0.158. The summed E-state index contributed by atoms with van der Waals surface area (Å²) in [5.74, 6) is 0.469.